The van der Waals surface area contributed by atoms with Crippen LogP contribution in [-0.4, -0.2) is 15.2 Å². The molecule has 2 N–H and O–H groups in total. The lowest BCUT2D eigenvalue weighted by atomic mass is 9.86. The Morgan fingerprint density at radius 2 is 1.69 bits per heavy atom. The number of anilines is 4. The van der Waals surface area contributed by atoms with Gasteiger partial charge in [-0.3, -0.25) is 0 Å². The quantitative estimate of drug-likeness (QED) is 0.694. The van der Waals surface area contributed by atoms with Crippen molar-refractivity contribution in [1.29, 1.82) is 0 Å². The second-order valence-corrected chi connectivity index (χ2v) is 6.83. The zero-order valence-corrected chi connectivity index (χ0v) is 14.7. The number of halogens is 2. The second kappa shape index (κ2) is 7.03. The zero-order valence-electron chi connectivity index (χ0n) is 14.7. The Hall–Kier alpha value is -3.09. The molecule has 0 aliphatic rings. The molecule has 0 unspecified atom stereocenters. The van der Waals surface area contributed by atoms with Crippen LogP contribution >= 0.6 is 0 Å². The van der Waals surface area contributed by atoms with Gasteiger partial charge >= 0.3 is 0 Å². The molecule has 1 aromatic heterocycles. The van der Waals surface area contributed by atoms with Gasteiger partial charge in [0, 0.05) is 11.8 Å². The molecule has 2 aromatic carbocycles. The van der Waals surface area contributed by atoms with Crippen LogP contribution in [0.4, 0.5) is 31.9 Å². The SMILES string of the molecule is CC(C)(C)c1ccccc1Nc1nncc(Nc2ccc(F)cc2F)n1. The summed E-state index contributed by atoms with van der Waals surface area (Å²) >= 11 is 0. The number of nitrogens with one attached hydrogen (secondary N) is 2. The van der Waals surface area contributed by atoms with E-state index < -0.39 is 11.6 Å². The van der Waals surface area contributed by atoms with Crippen LogP contribution in [0.15, 0.2) is 48.7 Å². The Kier molecular flexibility index (Phi) is 4.79. The molecule has 0 bridgehead atoms. The van der Waals surface area contributed by atoms with E-state index in [4.69, 9.17) is 0 Å². The molecular weight excluding hydrogens is 336 g/mol. The van der Waals surface area contributed by atoms with Crippen LogP contribution in [0.3, 0.4) is 0 Å². The fourth-order valence-corrected chi connectivity index (χ4v) is 2.51. The summed E-state index contributed by atoms with van der Waals surface area (Å²) < 4.78 is 26.8. The first-order chi connectivity index (χ1) is 12.3. The van der Waals surface area contributed by atoms with Gasteiger partial charge in [0.2, 0.25) is 5.95 Å². The minimum absolute atomic E-state index is 0.0654. The van der Waals surface area contributed by atoms with E-state index in [2.05, 4.69) is 46.6 Å². The molecule has 26 heavy (non-hydrogen) atoms. The molecule has 3 aromatic rings. The summed E-state index contributed by atoms with van der Waals surface area (Å²) in [6, 6.07) is 11.1. The molecule has 0 saturated heterocycles. The third-order valence-electron chi connectivity index (χ3n) is 3.73. The van der Waals surface area contributed by atoms with Gasteiger partial charge in [0.15, 0.2) is 5.82 Å². The number of aromatic nitrogens is 3. The molecule has 1 heterocycles. The first kappa shape index (κ1) is 17.7. The van der Waals surface area contributed by atoms with Crippen molar-refractivity contribution in [2.75, 3.05) is 10.6 Å². The van der Waals surface area contributed by atoms with E-state index >= 15 is 0 Å². The lowest BCUT2D eigenvalue weighted by molar-refractivity contribution is 0.586. The molecule has 0 spiro atoms. The first-order valence-electron chi connectivity index (χ1n) is 8.11. The number of nitrogens with zero attached hydrogens (tertiary/aromatic N) is 3. The van der Waals surface area contributed by atoms with Crippen molar-refractivity contribution in [3.05, 3.63) is 65.9 Å². The van der Waals surface area contributed by atoms with Crippen molar-refractivity contribution < 1.29 is 8.78 Å². The molecule has 0 aliphatic heterocycles. The minimum atomic E-state index is -0.712. The van der Waals surface area contributed by atoms with E-state index in [-0.39, 0.29) is 17.1 Å². The molecule has 0 aliphatic carbocycles. The van der Waals surface area contributed by atoms with Crippen LogP contribution < -0.4 is 10.6 Å². The number of rotatable bonds is 4. The summed E-state index contributed by atoms with van der Waals surface area (Å²) in [5.41, 5.74) is 2.01. The Labute approximate surface area is 150 Å². The summed E-state index contributed by atoms with van der Waals surface area (Å²) in [5.74, 6) is -0.790. The number of hydrogen-bond donors (Lipinski definition) is 2. The van der Waals surface area contributed by atoms with E-state index in [0.717, 1.165) is 17.3 Å². The largest absolute Gasteiger partial charge is 0.336 e. The monoisotopic (exact) mass is 355 g/mol. The van der Waals surface area contributed by atoms with Gasteiger partial charge in [0.05, 0.1) is 11.9 Å². The van der Waals surface area contributed by atoms with Crippen molar-refractivity contribution in [2.45, 2.75) is 26.2 Å². The van der Waals surface area contributed by atoms with Crippen molar-refractivity contribution in [2.24, 2.45) is 0 Å². The molecule has 0 radical (unpaired) electrons. The minimum Gasteiger partial charge on any atom is -0.336 e. The summed E-state index contributed by atoms with van der Waals surface area (Å²) in [7, 11) is 0. The Bertz CT molecular complexity index is 922. The van der Waals surface area contributed by atoms with Gasteiger partial charge in [-0.1, -0.05) is 39.0 Å². The van der Waals surface area contributed by atoms with Crippen LogP contribution in [0.1, 0.15) is 26.3 Å². The van der Waals surface area contributed by atoms with Gasteiger partial charge in [-0.15, -0.1) is 5.10 Å². The summed E-state index contributed by atoms with van der Waals surface area (Å²) in [4.78, 5) is 4.29. The van der Waals surface area contributed by atoms with Crippen LogP contribution in [0, 0.1) is 11.6 Å². The molecule has 0 atom stereocenters. The van der Waals surface area contributed by atoms with E-state index in [9.17, 15) is 8.78 Å². The highest BCUT2D eigenvalue weighted by Gasteiger charge is 2.18. The molecule has 0 fully saturated rings. The van der Waals surface area contributed by atoms with Crippen molar-refractivity contribution in [1.82, 2.24) is 15.2 Å². The smallest absolute Gasteiger partial charge is 0.249 e. The molecule has 3 rings (SSSR count). The van der Waals surface area contributed by atoms with Gasteiger partial charge in [-0.25, -0.2) is 8.78 Å². The maximum atomic E-state index is 13.8. The van der Waals surface area contributed by atoms with Gasteiger partial charge in [-0.05, 0) is 29.2 Å². The Morgan fingerprint density at radius 3 is 2.42 bits per heavy atom. The van der Waals surface area contributed by atoms with Gasteiger partial charge in [0.25, 0.3) is 0 Å². The van der Waals surface area contributed by atoms with Gasteiger partial charge < -0.3 is 10.6 Å². The molecule has 0 amide bonds. The van der Waals surface area contributed by atoms with E-state index in [1.807, 2.05) is 24.3 Å². The first-order valence-corrected chi connectivity index (χ1v) is 8.11. The lowest BCUT2D eigenvalue weighted by Gasteiger charge is -2.22. The molecule has 7 heteroatoms. The van der Waals surface area contributed by atoms with Crippen molar-refractivity contribution >= 4 is 23.1 Å². The summed E-state index contributed by atoms with van der Waals surface area (Å²) in [5, 5.41) is 13.8. The van der Waals surface area contributed by atoms with Crippen LogP contribution in [-0.2, 0) is 5.41 Å². The maximum Gasteiger partial charge on any atom is 0.249 e. The highest BCUT2D eigenvalue weighted by atomic mass is 19.1. The topological polar surface area (TPSA) is 62.7 Å². The van der Waals surface area contributed by atoms with Gasteiger partial charge in [-0.2, -0.15) is 10.1 Å². The summed E-state index contributed by atoms with van der Waals surface area (Å²) in [6.45, 7) is 6.34. The molecular formula is C19H19F2N5. The van der Waals surface area contributed by atoms with E-state index in [1.165, 1.54) is 18.3 Å². The third kappa shape index (κ3) is 4.11. The number of para-hydroxylation sites is 1. The van der Waals surface area contributed by atoms with Gasteiger partial charge in [0.1, 0.15) is 11.6 Å². The standard InChI is InChI=1S/C19H19F2N5/c1-19(2,3)13-6-4-5-7-15(13)24-18-25-17(11-22-26-18)23-16-9-8-12(20)10-14(16)21/h4-11H,1-3H3,(H2,23,24,25,26). The molecule has 134 valence electrons. The predicted octanol–water partition coefficient (Wildman–Crippen LogP) is 4.93. The average Bonchev–Trinajstić information content (AvgIpc) is 2.57. The Balaban J connectivity index is 1.85. The lowest BCUT2D eigenvalue weighted by Crippen LogP contribution is -2.14. The normalized spacial score (nSPS) is 11.3. The van der Waals surface area contributed by atoms with E-state index in [0.29, 0.717) is 5.82 Å². The predicted molar refractivity (Wildman–Crippen MR) is 97.9 cm³/mol. The third-order valence-corrected chi connectivity index (χ3v) is 3.73. The van der Waals surface area contributed by atoms with Crippen LogP contribution in [0.2, 0.25) is 0 Å². The number of hydrogen-bond acceptors (Lipinski definition) is 5. The van der Waals surface area contributed by atoms with Crippen LogP contribution in [0.5, 0.6) is 0 Å². The summed E-state index contributed by atoms with van der Waals surface area (Å²) in [6.07, 6.45) is 1.36. The van der Waals surface area contributed by atoms with Crippen molar-refractivity contribution in [3.8, 4) is 0 Å². The molecule has 0 saturated carbocycles. The average molecular weight is 355 g/mol. The van der Waals surface area contributed by atoms with Crippen molar-refractivity contribution in [3.63, 3.8) is 0 Å². The number of benzene rings is 2. The fourth-order valence-electron chi connectivity index (χ4n) is 2.51. The maximum absolute atomic E-state index is 13.8. The fraction of sp³-hybridized carbons (Fsp3) is 0.211. The van der Waals surface area contributed by atoms with E-state index in [1.54, 1.807) is 0 Å². The second-order valence-electron chi connectivity index (χ2n) is 6.83. The highest BCUT2D eigenvalue weighted by molar-refractivity contribution is 5.62. The zero-order chi connectivity index (χ0) is 18.7. The van der Waals surface area contributed by atoms with Crippen LogP contribution in [0.25, 0.3) is 0 Å². The molecule has 5 nitrogen and oxygen atoms in total. The highest BCUT2D eigenvalue weighted by Crippen LogP contribution is 2.30. The Morgan fingerprint density at radius 1 is 0.923 bits per heavy atom.